The van der Waals surface area contributed by atoms with Crippen LogP contribution in [0, 0.1) is 5.41 Å². The van der Waals surface area contributed by atoms with Crippen molar-refractivity contribution in [2.45, 2.75) is 19.3 Å². The zero-order valence-corrected chi connectivity index (χ0v) is 8.53. The van der Waals surface area contributed by atoms with E-state index in [1.54, 1.807) is 24.3 Å². The highest BCUT2D eigenvalue weighted by Crippen LogP contribution is 2.20. The van der Waals surface area contributed by atoms with Gasteiger partial charge in [-0.25, -0.2) is 0 Å². The number of hydrogen-bond donors (Lipinski definition) is 3. The zero-order valence-electron chi connectivity index (χ0n) is 8.53. The number of carbonyl (C=O) groups is 1. The van der Waals surface area contributed by atoms with E-state index >= 15 is 0 Å². The highest BCUT2D eigenvalue weighted by atomic mass is 16.4. The Morgan fingerprint density at radius 1 is 1.60 bits per heavy atom. The minimum Gasteiger partial charge on any atom is -0.481 e. The molecule has 0 saturated heterocycles. The fourth-order valence-electron chi connectivity index (χ4n) is 1.48. The van der Waals surface area contributed by atoms with E-state index in [4.69, 9.17) is 16.2 Å². The molecule has 0 radical (unpaired) electrons. The van der Waals surface area contributed by atoms with Crippen LogP contribution in [0.5, 0.6) is 0 Å². The summed E-state index contributed by atoms with van der Waals surface area (Å²) in [5, 5.41) is 16.2. The maximum atomic E-state index is 10.9. The number of nitrogens with one attached hydrogen (secondary N) is 1. The van der Waals surface area contributed by atoms with Crippen LogP contribution in [-0.4, -0.2) is 16.9 Å². The summed E-state index contributed by atoms with van der Waals surface area (Å²) in [6.45, 7) is 1.82. The van der Waals surface area contributed by atoms with Gasteiger partial charge in [0.05, 0.1) is 5.92 Å². The Morgan fingerprint density at radius 2 is 2.27 bits per heavy atom. The SMILES string of the molecule is CCC(C(=O)O)c1cccc(C(=N)N)c1. The smallest absolute Gasteiger partial charge is 0.310 e. The summed E-state index contributed by atoms with van der Waals surface area (Å²) in [5.41, 5.74) is 6.59. The molecule has 0 aliphatic carbocycles. The molecule has 1 unspecified atom stereocenters. The van der Waals surface area contributed by atoms with Gasteiger partial charge in [0.15, 0.2) is 0 Å². The monoisotopic (exact) mass is 206 g/mol. The van der Waals surface area contributed by atoms with Gasteiger partial charge in [-0.3, -0.25) is 10.2 Å². The molecule has 4 heteroatoms. The first-order valence-electron chi connectivity index (χ1n) is 4.73. The number of hydrogen-bond acceptors (Lipinski definition) is 2. The van der Waals surface area contributed by atoms with Crippen LogP contribution in [-0.2, 0) is 4.79 Å². The molecule has 0 fully saturated rings. The molecular weight excluding hydrogens is 192 g/mol. The highest BCUT2D eigenvalue weighted by Gasteiger charge is 2.17. The van der Waals surface area contributed by atoms with Gasteiger partial charge in [-0.2, -0.15) is 0 Å². The van der Waals surface area contributed by atoms with Crippen molar-refractivity contribution in [3.63, 3.8) is 0 Å². The molecule has 4 nitrogen and oxygen atoms in total. The number of aliphatic carboxylic acids is 1. The molecule has 1 atom stereocenters. The first kappa shape index (κ1) is 11.2. The largest absolute Gasteiger partial charge is 0.481 e. The van der Waals surface area contributed by atoms with Crippen LogP contribution in [0.15, 0.2) is 24.3 Å². The Balaban J connectivity index is 3.08. The van der Waals surface area contributed by atoms with Crippen molar-refractivity contribution >= 4 is 11.8 Å². The summed E-state index contributed by atoms with van der Waals surface area (Å²) >= 11 is 0. The Hall–Kier alpha value is -1.84. The molecule has 1 rings (SSSR count). The number of carboxylic acids is 1. The van der Waals surface area contributed by atoms with Gasteiger partial charge in [0.2, 0.25) is 0 Å². The third-order valence-electron chi connectivity index (χ3n) is 2.31. The van der Waals surface area contributed by atoms with Gasteiger partial charge < -0.3 is 10.8 Å². The molecule has 0 spiro atoms. The summed E-state index contributed by atoms with van der Waals surface area (Å²) < 4.78 is 0. The van der Waals surface area contributed by atoms with Crippen LogP contribution in [0.4, 0.5) is 0 Å². The average molecular weight is 206 g/mol. The Bertz CT molecular complexity index is 388. The van der Waals surface area contributed by atoms with E-state index in [0.717, 1.165) is 0 Å². The second kappa shape index (κ2) is 4.59. The van der Waals surface area contributed by atoms with Crippen molar-refractivity contribution < 1.29 is 9.90 Å². The first-order valence-corrected chi connectivity index (χ1v) is 4.73. The number of rotatable bonds is 4. The second-order valence-corrected chi connectivity index (χ2v) is 3.34. The average Bonchev–Trinajstić information content (AvgIpc) is 2.18. The van der Waals surface area contributed by atoms with Gasteiger partial charge in [-0.05, 0) is 18.1 Å². The number of nitrogen functional groups attached to an aromatic ring is 1. The van der Waals surface area contributed by atoms with E-state index in [9.17, 15) is 4.79 Å². The number of benzene rings is 1. The molecule has 0 bridgehead atoms. The highest BCUT2D eigenvalue weighted by molar-refractivity contribution is 5.95. The molecule has 0 aliphatic rings. The molecular formula is C11H14N2O2. The van der Waals surface area contributed by atoms with Crippen LogP contribution >= 0.6 is 0 Å². The van der Waals surface area contributed by atoms with Crippen molar-refractivity contribution in [1.82, 2.24) is 0 Å². The Kier molecular flexibility index (Phi) is 3.44. The minimum atomic E-state index is -0.849. The standard InChI is InChI=1S/C11H14N2O2/c1-2-9(11(14)15)7-4-3-5-8(6-7)10(12)13/h3-6,9H,2H2,1H3,(H3,12,13)(H,14,15). The molecule has 4 N–H and O–H groups in total. The van der Waals surface area contributed by atoms with E-state index in [2.05, 4.69) is 0 Å². The maximum absolute atomic E-state index is 10.9. The van der Waals surface area contributed by atoms with E-state index in [1.807, 2.05) is 6.92 Å². The van der Waals surface area contributed by atoms with Gasteiger partial charge in [-0.15, -0.1) is 0 Å². The lowest BCUT2D eigenvalue weighted by Crippen LogP contribution is -2.14. The van der Waals surface area contributed by atoms with Gasteiger partial charge in [-0.1, -0.05) is 25.1 Å². The van der Waals surface area contributed by atoms with Gasteiger partial charge >= 0.3 is 5.97 Å². The molecule has 0 aromatic heterocycles. The van der Waals surface area contributed by atoms with Gasteiger partial charge in [0.25, 0.3) is 0 Å². The number of carboxylic acid groups (broad SMARTS) is 1. The normalized spacial score (nSPS) is 12.1. The van der Waals surface area contributed by atoms with Crippen LogP contribution in [0.25, 0.3) is 0 Å². The van der Waals surface area contributed by atoms with Gasteiger partial charge in [0.1, 0.15) is 5.84 Å². The second-order valence-electron chi connectivity index (χ2n) is 3.34. The molecule has 1 aromatic rings. The number of nitrogens with two attached hydrogens (primary N) is 1. The minimum absolute atomic E-state index is 0.0444. The predicted molar refractivity (Wildman–Crippen MR) is 58.1 cm³/mol. The summed E-state index contributed by atoms with van der Waals surface area (Å²) in [6, 6.07) is 6.82. The molecule has 1 aromatic carbocycles. The lowest BCUT2D eigenvalue weighted by atomic mass is 9.95. The molecule has 80 valence electrons. The van der Waals surface area contributed by atoms with Crippen molar-refractivity contribution in [2.75, 3.05) is 0 Å². The van der Waals surface area contributed by atoms with Gasteiger partial charge in [0, 0.05) is 5.56 Å². The van der Waals surface area contributed by atoms with E-state index < -0.39 is 11.9 Å². The maximum Gasteiger partial charge on any atom is 0.310 e. The van der Waals surface area contributed by atoms with E-state index in [0.29, 0.717) is 17.5 Å². The quantitative estimate of drug-likeness (QED) is 0.516. The fourth-order valence-corrected chi connectivity index (χ4v) is 1.48. The summed E-state index contributed by atoms with van der Waals surface area (Å²) in [7, 11) is 0. The summed E-state index contributed by atoms with van der Waals surface area (Å²) in [6.07, 6.45) is 0.524. The van der Waals surface area contributed by atoms with Crippen LogP contribution in [0.1, 0.15) is 30.4 Å². The van der Waals surface area contributed by atoms with Crippen molar-refractivity contribution in [3.05, 3.63) is 35.4 Å². The van der Waals surface area contributed by atoms with Crippen LogP contribution in [0.3, 0.4) is 0 Å². The topological polar surface area (TPSA) is 87.2 Å². The molecule has 0 saturated carbocycles. The summed E-state index contributed by atoms with van der Waals surface area (Å²) in [4.78, 5) is 10.9. The third kappa shape index (κ3) is 2.56. The molecule has 0 aliphatic heterocycles. The summed E-state index contributed by atoms with van der Waals surface area (Å²) in [5.74, 6) is -1.42. The molecule has 0 heterocycles. The molecule has 15 heavy (non-hydrogen) atoms. The van der Waals surface area contributed by atoms with Crippen LogP contribution < -0.4 is 5.73 Å². The van der Waals surface area contributed by atoms with Crippen molar-refractivity contribution in [2.24, 2.45) is 5.73 Å². The predicted octanol–water partition coefficient (Wildman–Crippen LogP) is 1.55. The van der Waals surface area contributed by atoms with Crippen molar-refractivity contribution in [1.29, 1.82) is 5.41 Å². The number of amidine groups is 1. The molecule has 0 amide bonds. The van der Waals surface area contributed by atoms with Crippen molar-refractivity contribution in [3.8, 4) is 0 Å². The van der Waals surface area contributed by atoms with E-state index in [1.165, 1.54) is 0 Å². The Labute approximate surface area is 88.2 Å². The lowest BCUT2D eigenvalue weighted by Gasteiger charge is -2.10. The van der Waals surface area contributed by atoms with E-state index in [-0.39, 0.29) is 5.84 Å². The zero-order chi connectivity index (χ0) is 11.4. The third-order valence-corrected chi connectivity index (χ3v) is 2.31. The van der Waals surface area contributed by atoms with Crippen LogP contribution in [0.2, 0.25) is 0 Å². The lowest BCUT2D eigenvalue weighted by molar-refractivity contribution is -0.138. The fraction of sp³-hybridized carbons (Fsp3) is 0.273. The Morgan fingerprint density at radius 3 is 2.73 bits per heavy atom. The first-order chi connectivity index (χ1) is 7.06.